The highest BCUT2D eigenvalue weighted by atomic mass is 16.5. The van der Waals surface area contributed by atoms with Crippen molar-refractivity contribution < 1.29 is 9.53 Å². The van der Waals surface area contributed by atoms with Crippen LogP contribution < -0.4 is 10.6 Å². The summed E-state index contributed by atoms with van der Waals surface area (Å²) in [6.45, 7) is 7.11. The molecule has 21 heavy (non-hydrogen) atoms. The Bertz CT molecular complexity index is 487. The van der Waals surface area contributed by atoms with Gasteiger partial charge in [0.1, 0.15) is 11.5 Å². The van der Waals surface area contributed by atoms with Gasteiger partial charge >= 0.3 is 0 Å². The summed E-state index contributed by atoms with van der Waals surface area (Å²) in [4.78, 5) is 20.5. The summed E-state index contributed by atoms with van der Waals surface area (Å²) in [7, 11) is 1.71. The second kappa shape index (κ2) is 6.39. The van der Waals surface area contributed by atoms with Crippen molar-refractivity contribution in [3.63, 3.8) is 0 Å². The second-order valence-corrected chi connectivity index (χ2v) is 6.02. The fourth-order valence-corrected chi connectivity index (χ4v) is 2.55. The summed E-state index contributed by atoms with van der Waals surface area (Å²) in [5.41, 5.74) is 0.286. The van der Waals surface area contributed by atoms with Crippen LogP contribution in [-0.4, -0.2) is 41.7 Å². The minimum atomic E-state index is -0.183. The molecule has 1 amide bonds. The van der Waals surface area contributed by atoms with Crippen LogP contribution in [0.4, 0.5) is 5.82 Å². The summed E-state index contributed by atoms with van der Waals surface area (Å²) in [5.74, 6) is 0.508. The molecule has 2 unspecified atom stereocenters. The summed E-state index contributed by atoms with van der Waals surface area (Å²) in [5, 5.41) is 6.14. The molecule has 1 aliphatic rings. The van der Waals surface area contributed by atoms with Crippen molar-refractivity contribution >= 4 is 11.7 Å². The van der Waals surface area contributed by atoms with Crippen LogP contribution in [0.25, 0.3) is 0 Å². The van der Waals surface area contributed by atoms with Gasteiger partial charge in [-0.3, -0.25) is 4.79 Å². The number of carbonyl (C=O) groups excluding carboxylic acids is 1. The van der Waals surface area contributed by atoms with Gasteiger partial charge in [-0.2, -0.15) is 0 Å². The molecule has 1 heterocycles. The zero-order valence-corrected chi connectivity index (χ0v) is 13.1. The number of nitrogens with one attached hydrogen (secondary N) is 2. The van der Waals surface area contributed by atoms with Crippen molar-refractivity contribution in [1.82, 2.24) is 15.3 Å². The Kier molecular flexibility index (Phi) is 4.77. The Hall–Kier alpha value is -1.69. The van der Waals surface area contributed by atoms with Crippen LogP contribution in [-0.2, 0) is 4.74 Å². The Morgan fingerprint density at radius 2 is 2.19 bits per heavy atom. The van der Waals surface area contributed by atoms with E-state index in [9.17, 15) is 4.79 Å². The molecule has 0 saturated heterocycles. The molecule has 0 bridgehead atoms. The maximum absolute atomic E-state index is 12.2. The van der Waals surface area contributed by atoms with Gasteiger partial charge in [0, 0.05) is 25.1 Å². The lowest BCUT2D eigenvalue weighted by Crippen LogP contribution is -2.61. The maximum Gasteiger partial charge on any atom is 0.271 e. The lowest BCUT2D eigenvalue weighted by Gasteiger charge is -2.51. The van der Waals surface area contributed by atoms with Crippen molar-refractivity contribution in [2.45, 2.75) is 45.8 Å². The summed E-state index contributed by atoms with van der Waals surface area (Å²) in [6, 6.07) is 0.106. The third kappa shape index (κ3) is 3.32. The molecule has 0 spiro atoms. The molecule has 2 N–H and O–H groups in total. The molecule has 1 saturated carbocycles. The van der Waals surface area contributed by atoms with E-state index in [1.54, 1.807) is 13.3 Å². The largest absolute Gasteiger partial charge is 0.381 e. The molecule has 1 fully saturated rings. The standard InChI is InChI=1S/C15H24N4O2/c1-5-6-16-13-9-17-10(8-18-13)14(20)19-11-7-12(21-4)15(11,2)3/h8-9,11-12H,5-7H2,1-4H3,(H,16,18)(H,19,20). The van der Waals surface area contributed by atoms with Gasteiger partial charge in [-0.15, -0.1) is 0 Å². The van der Waals surface area contributed by atoms with Gasteiger partial charge in [-0.25, -0.2) is 9.97 Å². The smallest absolute Gasteiger partial charge is 0.271 e. The van der Waals surface area contributed by atoms with E-state index in [2.05, 4.69) is 41.4 Å². The highest BCUT2D eigenvalue weighted by Crippen LogP contribution is 2.42. The van der Waals surface area contributed by atoms with Crippen LogP contribution in [0.5, 0.6) is 0 Å². The van der Waals surface area contributed by atoms with Crippen molar-refractivity contribution in [2.75, 3.05) is 19.0 Å². The third-order valence-corrected chi connectivity index (χ3v) is 4.21. The predicted molar refractivity (Wildman–Crippen MR) is 81.3 cm³/mol. The SMILES string of the molecule is CCCNc1cnc(C(=O)NC2CC(OC)C2(C)C)cn1. The highest BCUT2D eigenvalue weighted by Gasteiger charge is 2.49. The van der Waals surface area contributed by atoms with Crippen LogP contribution in [0.1, 0.15) is 44.1 Å². The first-order valence-electron chi connectivity index (χ1n) is 7.38. The number of methoxy groups -OCH3 is 1. The lowest BCUT2D eigenvalue weighted by atomic mass is 9.64. The maximum atomic E-state index is 12.2. The molecule has 0 radical (unpaired) electrons. The molecule has 1 aromatic heterocycles. The number of hydrogen-bond acceptors (Lipinski definition) is 5. The second-order valence-electron chi connectivity index (χ2n) is 6.02. The van der Waals surface area contributed by atoms with Crippen molar-refractivity contribution in [3.05, 3.63) is 18.1 Å². The molecule has 6 nitrogen and oxygen atoms in total. The average Bonchev–Trinajstić information content (AvgIpc) is 2.49. The number of ether oxygens (including phenoxy) is 1. The van der Waals surface area contributed by atoms with E-state index in [0.717, 1.165) is 19.4 Å². The first-order valence-corrected chi connectivity index (χ1v) is 7.38. The Balaban J connectivity index is 1.92. The number of anilines is 1. The number of rotatable bonds is 6. The van der Waals surface area contributed by atoms with Crippen molar-refractivity contribution in [2.24, 2.45) is 5.41 Å². The zero-order chi connectivity index (χ0) is 15.5. The minimum Gasteiger partial charge on any atom is -0.381 e. The number of aromatic nitrogens is 2. The Labute approximate surface area is 125 Å². The fourth-order valence-electron chi connectivity index (χ4n) is 2.55. The van der Waals surface area contributed by atoms with E-state index < -0.39 is 0 Å². The van der Waals surface area contributed by atoms with Gasteiger partial charge in [0.2, 0.25) is 0 Å². The van der Waals surface area contributed by atoms with Crippen LogP contribution in [0.3, 0.4) is 0 Å². The third-order valence-electron chi connectivity index (χ3n) is 4.21. The summed E-state index contributed by atoms with van der Waals surface area (Å²) < 4.78 is 5.38. The van der Waals surface area contributed by atoms with Crippen LogP contribution in [0.15, 0.2) is 12.4 Å². The molecule has 0 aliphatic heterocycles. The van der Waals surface area contributed by atoms with Crippen molar-refractivity contribution in [3.8, 4) is 0 Å². The molecular formula is C15H24N4O2. The van der Waals surface area contributed by atoms with E-state index >= 15 is 0 Å². The van der Waals surface area contributed by atoms with Crippen LogP contribution in [0.2, 0.25) is 0 Å². The quantitative estimate of drug-likeness (QED) is 0.836. The van der Waals surface area contributed by atoms with Crippen LogP contribution >= 0.6 is 0 Å². The van der Waals surface area contributed by atoms with Gasteiger partial charge in [-0.1, -0.05) is 20.8 Å². The average molecular weight is 292 g/mol. The molecule has 0 aromatic carbocycles. The van der Waals surface area contributed by atoms with Crippen LogP contribution in [0, 0.1) is 5.41 Å². The van der Waals surface area contributed by atoms with E-state index in [1.165, 1.54) is 6.20 Å². The molecule has 116 valence electrons. The number of amides is 1. The Morgan fingerprint density at radius 3 is 2.71 bits per heavy atom. The highest BCUT2D eigenvalue weighted by molar-refractivity contribution is 5.92. The van der Waals surface area contributed by atoms with Crippen molar-refractivity contribution in [1.29, 1.82) is 0 Å². The van der Waals surface area contributed by atoms with Gasteiger partial charge in [0.25, 0.3) is 5.91 Å². The van der Waals surface area contributed by atoms with Gasteiger partial charge in [0.05, 0.1) is 18.5 Å². The van der Waals surface area contributed by atoms with Gasteiger partial charge < -0.3 is 15.4 Å². The zero-order valence-electron chi connectivity index (χ0n) is 13.1. The summed E-state index contributed by atoms with van der Waals surface area (Å²) in [6.07, 6.45) is 5.14. The van der Waals surface area contributed by atoms with Gasteiger partial charge in [0.15, 0.2) is 0 Å². The lowest BCUT2D eigenvalue weighted by molar-refractivity contribution is -0.0942. The predicted octanol–water partition coefficient (Wildman–Crippen LogP) is 1.84. The normalized spacial score (nSPS) is 23.2. The molecule has 6 heteroatoms. The number of nitrogens with zero attached hydrogens (tertiary/aromatic N) is 2. The molecule has 1 aliphatic carbocycles. The first kappa shape index (κ1) is 15.7. The molecule has 1 aromatic rings. The topological polar surface area (TPSA) is 76.1 Å². The Morgan fingerprint density at radius 1 is 1.43 bits per heavy atom. The van der Waals surface area contributed by atoms with E-state index in [-0.39, 0.29) is 23.5 Å². The minimum absolute atomic E-state index is 0.0551. The van der Waals surface area contributed by atoms with Gasteiger partial charge in [-0.05, 0) is 12.8 Å². The fraction of sp³-hybridized carbons (Fsp3) is 0.667. The molecule has 2 rings (SSSR count). The summed E-state index contributed by atoms with van der Waals surface area (Å²) >= 11 is 0. The van der Waals surface area contributed by atoms with E-state index in [1.807, 2.05) is 0 Å². The molecular weight excluding hydrogens is 268 g/mol. The monoisotopic (exact) mass is 292 g/mol. The first-order chi connectivity index (χ1) is 9.98. The van der Waals surface area contributed by atoms with E-state index in [0.29, 0.717) is 11.5 Å². The molecule has 2 atom stereocenters. The van der Waals surface area contributed by atoms with E-state index in [4.69, 9.17) is 4.74 Å². The number of hydrogen-bond donors (Lipinski definition) is 2. The number of carbonyl (C=O) groups is 1.